The SMILES string of the molecule is N[C@@H](CCC(=O)O)C(=O)N[C@@H](CO)C(=O)N[C@@H](CCC(=O)O)C(=O)N[C@@H](CO)C(=O)N[C@@H](CCC(=O)O)C(=O)N[C@@H](CO)C(=O)N[C@@H](CCC(=O)O)C(=O)N[C@@H](CO)C(=O)N[C@@H](CCC(=O)O)C(=O)N[C@@H](CO)C(=O)N[C@@H](CCC(=O)O)C(=O)N[C@@H](CO)C(=O)N[C@@H](CCC(=O)O)C(=O)N[C@@H](CO)C(=O)N[C@@H](CCC(=O)O)C(=O)N[C@@H](CO)C(=O)O. The highest BCUT2D eigenvalue weighted by molar-refractivity contribution is 6.01. The number of aliphatic hydroxyl groups excluding tert-OH is 8. The summed E-state index contributed by atoms with van der Waals surface area (Å²) in [6.45, 7) is -11.0. The van der Waals surface area contributed by atoms with E-state index >= 15 is 0 Å². The number of hydrogen-bond donors (Lipinski definition) is 33. The van der Waals surface area contributed by atoms with Gasteiger partial charge in [-0.2, -0.15) is 0 Å². The van der Waals surface area contributed by atoms with E-state index < -0.39 is 395 Å². The van der Waals surface area contributed by atoms with Crippen molar-refractivity contribution in [2.75, 3.05) is 52.9 Å². The minimum atomic E-state index is -2.31. The Kier molecular flexibility index (Phi) is 50.2. The highest BCUT2D eigenvalue weighted by Gasteiger charge is 2.40. The van der Waals surface area contributed by atoms with Crippen LogP contribution in [0, 0.1) is 0 Å². The number of nitrogens with two attached hydrogens (primary N) is 1. The van der Waals surface area contributed by atoms with Crippen molar-refractivity contribution < 1.29 is 202 Å². The van der Waals surface area contributed by atoms with Crippen molar-refractivity contribution in [1.82, 2.24) is 79.8 Å². The summed E-state index contributed by atoms with van der Waals surface area (Å²) >= 11 is 0. The molecule has 680 valence electrons. The van der Waals surface area contributed by atoms with Crippen LogP contribution in [0.5, 0.6) is 0 Å². The molecule has 0 unspecified atom stereocenters. The van der Waals surface area contributed by atoms with E-state index in [1.165, 1.54) is 0 Å². The molecule has 0 aromatic carbocycles. The van der Waals surface area contributed by atoms with Crippen LogP contribution in [0.25, 0.3) is 0 Å². The maximum Gasteiger partial charge on any atom is 0.328 e. The van der Waals surface area contributed by atoms with E-state index in [1.54, 1.807) is 0 Å². The quantitative estimate of drug-likeness (QED) is 0.0269. The van der Waals surface area contributed by atoms with Crippen molar-refractivity contribution in [2.24, 2.45) is 5.73 Å². The normalized spacial score (nSPS) is 14.9. The zero-order valence-electron chi connectivity index (χ0n) is 63.7. The largest absolute Gasteiger partial charge is 0.481 e. The van der Waals surface area contributed by atoms with E-state index in [2.05, 4.69) is 0 Å². The zero-order chi connectivity index (χ0) is 92.7. The lowest BCUT2D eigenvalue weighted by Gasteiger charge is -2.27. The molecule has 0 aliphatic heterocycles. The van der Waals surface area contributed by atoms with Crippen molar-refractivity contribution >= 4 is 142 Å². The summed E-state index contributed by atoms with van der Waals surface area (Å²) in [5, 5.41) is 193. The van der Waals surface area contributed by atoms with Gasteiger partial charge in [-0.3, -0.25) is 110 Å². The number of aliphatic hydroxyl groups is 8. The minimum absolute atomic E-state index is 0.445. The molecular weight excluding hydrogens is 1650 g/mol. The highest BCUT2D eigenvalue weighted by Crippen LogP contribution is 2.11. The predicted molar refractivity (Wildman–Crippen MR) is 386 cm³/mol. The second-order valence-electron chi connectivity index (χ2n) is 25.8. The fourth-order valence-corrected chi connectivity index (χ4v) is 9.80. The third kappa shape index (κ3) is 42.2. The third-order valence-electron chi connectivity index (χ3n) is 16.5. The number of carboxylic acids is 9. The smallest absolute Gasteiger partial charge is 0.328 e. The number of hydrogen-bond acceptors (Lipinski definition) is 33. The van der Waals surface area contributed by atoms with E-state index in [0.717, 1.165) is 0 Å². The first-order valence-electron chi connectivity index (χ1n) is 35.8. The summed E-state index contributed by atoms with van der Waals surface area (Å²) in [6, 6.07) is -33.7. The van der Waals surface area contributed by atoms with Gasteiger partial charge >= 0.3 is 53.7 Å². The van der Waals surface area contributed by atoms with Gasteiger partial charge in [-0.25, -0.2) is 4.79 Å². The van der Waals surface area contributed by atoms with Gasteiger partial charge in [0, 0.05) is 51.4 Å². The summed E-state index contributed by atoms with van der Waals surface area (Å²) in [5.41, 5.74) is 5.62. The van der Waals surface area contributed by atoms with Crippen LogP contribution in [0.1, 0.15) is 103 Å². The molecule has 57 nitrogen and oxygen atoms in total. The Balaban J connectivity index is 6.85. The number of carbonyl (C=O) groups excluding carboxylic acids is 15. The Morgan fingerprint density at radius 1 is 0.165 bits per heavy atom. The van der Waals surface area contributed by atoms with Gasteiger partial charge in [-0.15, -0.1) is 0 Å². The second-order valence-corrected chi connectivity index (χ2v) is 25.8. The van der Waals surface area contributed by atoms with Crippen molar-refractivity contribution in [3.63, 3.8) is 0 Å². The molecule has 121 heavy (non-hydrogen) atoms. The van der Waals surface area contributed by atoms with Crippen LogP contribution in [0.3, 0.4) is 0 Å². The molecule has 0 radical (unpaired) electrons. The number of aliphatic carboxylic acids is 9. The van der Waals surface area contributed by atoms with Gasteiger partial charge in [0.1, 0.15) is 90.6 Å². The Morgan fingerprint density at radius 2 is 0.273 bits per heavy atom. The zero-order valence-corrected chi connectivity index (χ0v) is 63.7. The minimum Gasteiger partial charge on any atom is -0.481 e. The number of carbonyl (C=O) groups is 24. The summed E-state index contributed by atoms with van der Waals surface area (Å²) < 4.78 is 0. The molecule has 0 saturated heterocycles. The Hall–Kier alpha value is -13.1. The molecule has 15 amide bonds. The first-order valence-corrected chi connectivity index (χ1v) is 35.8. The lowest BCUT2D eigenvalue weighted by molar-refractivity contribution is -0.144. The van der Waals surface area contributed by atoms with Crippen molar-refractivity contribution in [3.05, 3.63) is 0 Å². The molecule has 0 spiro atoms. The van der Waals surface area contributed by atoms with E-state index in [9.17, 15) is 192 Å². The predicted octanol–water partition coefficient (Wildman–Crippen LogP) is -17.5. The monoisotopic (exact) mass is 1750 g/mol. The van der Waals surface area contributed by atoms with E-state index in [4.69, 9.17) is 15.9 Å². The molecule has 34 N–H and O–H groups in total. The van der Waals surface area contributed by atoms with Crippen LogP contribution in [0.4, 0.5) is 0 Å². The molecule has 0 saturated carbocycles. The summed E-state index contributed by atoms with van der Waals surface area (Å²) in [4.78, 5) is 306. The van der Waals surface area contributed by atoms with Gasteiger partial charge in [-0.05, 0) is 51.4 Å². The van der Waals surface area contributed by atoms with Gasteiger partial charge in [0.2, 0.25) is 88.6 Å². The lowest BCUT2D eigenvalue weighted by Crippen LogP contribution is -2.62. The lowest BCUT2D eigenvalue weighted by atomic mass is 10.1. The fourth-order valence-electron chi connectivity index (χ4n) is 9.80. The van der Waals surface area contributed by atoms with Gasteiger partial charge in [0.25, 0.3) is 0 Å². The number of nitrogens with one attached hydrogen (secondary N) is 15. The second kappa shape index (κ2) is 56.3. The molecule has 0 aromatic rings. The molecule has 0 aliphatic carbocycles. The van der Waals surface area contributed by atoms with Crippen molar-refractivity contribution in [3.8, 4) is 0 Å². The van der Waals surface area contributed by atoms with E-state index in [-0.39, 0.29) is 0 Å². The summed E-state index contributed by atoms with van der Waals surface area (Å²) in [7, 11) is 0. The van der Waals surface area contributed by atoms with Gasteiger partial charge in [0.15, 0.2) is 0 Å². The molecule has 0 aromatic heterocycles. The third-order valence-corrected chi connectivity index (χ3v) is 16.5. The molecule has 0 rings (SSSR count). The van der Waals surface area contributed by atoms with Gasteiger partial charge in [-0.1, -0.05) is 0 Å². The standard InChI is InChI=1S/C64H98N16O41/c65-25(1-9-41(89)90)49(105)73-33(17-81)57(113)66-26(2-10-42(91)92)50(106)74-34(18-82)58(114)67-27(3-11-43(93)94)51(107)75-35(19-83)59(115)68-28(4-12-44(95)96)52(108)76-36(20-84)60(116)69-29(5-13-45(97)98)53(109)77-37(21-85)61(117)70-30(6-14-46(99)100)54(110)78-38(22-86)62(118)71-31(7-15-47(101)102)55(111)79-39(23-87)63(119)72-32(8-16-48(103)104)56(112)80-40(24-88)64(120)121/h25-40,81-88H,1-24,65H2,(H,66,113)(H,67,114)(H,68,115)(H,69,116)(H,70,117)(H,71,118)(H,72,119)(H,73,105)(H,74,106)(H,75,107)(H,76,108)(H,77,109)(H,78,110)(H,79,111)(H,80,112)(H,89,90)(H,91,92)(H,93,94)(H,95,96)(H,97,98)(H,99,100)(H,101,102)(H,103,104)(H,120,121)/t25-,26-,27-,28-,29-,30-,31-,32-,33-,34-,35-,36-,37-,38-,39-,40-/m0/s1. The average molecular weight is 1750 g/mol. The Morgan fingerprint density at radius 3 is 0.397 bits per heavy atom. The maximum atomic E-state index is 13.8. The molecule has 0 heterocycles. The summed E-state index contributed by atoms with van der Waals surface area (Å²) in [5.74, 6) is -37.2. The van der Waals surface area contributed by atoms with Crippen LogP contribution in [-0.4, -0.2) is 379 Å². The maximum absolute atomic E-state index is 13.8. The first kappa shape index (κ1) is 108. The van der Waals surface area contributed by atoms with Crippen LogP contribution in [-0.2, 0) is 115 Å². The van der Waals surface area contributed by atoms with Crippen LogP contribution in [0.2, 0.25) is 0 Å². The topological polar surface area (TPSA) is 960 Å². The first-order chi connectivity index (χ1) is 56.7. The fraction of sp³-hybridized carbons (Fsp3) is 0.625. The van der Waals surface area contributed by atoms with Crippen LogP contribution >= 0.6 is 0 Å². The highest BCUT2D eigenvalue weighted by atomic mass is 16.4. The van der Waals surface area contributed by atoms with Crippen molar-refractivity contribution in [1.29, 1.82) is 0 Å². The van der Waals surface area contributed by atoms with Crippen molar-refractivity contribution in [2.45, 2.75) is 199 Å². The van der Waals surface area contributed by atoms with Crippen LogP contribution < -0.4 is 85.5 Å². The number of amides is 15. The molecule has 0 fully saturated rings. The van der Waals surface area contributed by atoms with E-state index in [0.29, 0.717) is 0 Å². The molecule has 0 aliphatic rings. The molecule has 0 bridgehead atoms. The van der Waals surface area contributed by atoms with E-state index in [1.807, 2.05) is 79.8 Å². The van der Waals surface area contributed by atoms with Gasteiger partial charge in [0.05, 0.1) is 58.9 Å². The Bertz CT molecular complexity index is 3690. The van der Waals surface area contributed by atoms with Crippen LogP contribution in [0.15, 0.2) is 0 Å². The molecule has 57 heteroatoms. The average Bonchev–Trinajstić information content (AvgIpc) is 0.856. The number of carboxylic acid groups (broad SMARTS) is 9. The van der Waals surface area contributed by atoms with Gasteiger partial charge < -0.3 is 172 Å². The molecular formula is C64H98N16O41. The Labute approximate surface area is 680 Å². The summed E-state index contributed by atoms with van der Waals surface area (Å²) in [6.07, 6.45) is -14.1. The number of rotatable bonds is 63. The molecule has 16 atom stereocenters.